The molecule has 1 aromatic rings. The van der Waals surface area contributed by atoms with Crippen molar-refractivity contribution in [2.45, 2.75) is 13.0 Å². The highest BCUT2D eigenvalue weighted by Crippen LogP contribution is 2.15. The Morgan fingerprint density at radius 2 is 2.23 bits per heavy atom. The van der Waals surface area contributed by atoms with Gasteiger partial charge in [0.2, 0.25) is 0 Å². The molecule has 1 aliphatic heterocycles. The summed E-state index contributed by atoms with van der Waals surface area (Å²) in [4.78, 5) is 0. The van der Waals surface area contributed by atoms with Crippen molar-refractivity contribution >= 4 is 5.84 Å². The van der Waals surface area contributed by atoms with Crippen molar-refractivity contribution in [1.82, 2.24) is 5.32 Å². The van der Waals surface area contributed by atoms with Crippen molar-refractivity contribution in [1.29, 1.82) is 5.41 Å². The molecule has 13 heavy (non-hydrogen) atoms. The monoisotopic (exact) mass is 175 g/mol. The van der Waals surface area contributed by atoms with Crippen molar-refractivity contribution in [3.63, 3.8) is 0 Å². The lowest BCUT2D eigenvalue weighted by Crippen LogP contribution is -2.24. The molecule has 0 saturated heterocycles. The van der Waals surface area contributed by atoms with Crippen molar-refractivity contribution in [3.05, 3.63) is 34.9 Å². The number of nitrogens with one attached hydrogen (secondary N) is 2. The molecule has 2 rings (SSSR count). The molecule has 1 heterocycles. The van der Waals surface area contributed by atoms with Gasteiger partial charge in [0, 0.05) is 12.1 Å². The largest absolute Gasteiger partial charge is 0.384 e. The van der Waals surface area contributed by atoms with Gasteiger partial charge in [-0.1, -0.05) is 12.1 Å². The zero-order valence-electron chi connectivity index (χ0n) is 7.43. The van der Waals surface area contributed by atoms with Gasteiger partial charge in [0.25, 0.3) is 0 Å². The van der Waals surface area contributed by atoms with E-state index in [-0.39, 0.29) is 5.84 Å². The van der Waals surface area contributed by atoms with E-state index < -0.39 is 0 Å². The summed E-state index contributed by atoms with van der Waals surface area (Å²) in [7, 11) is 0. The highest BCUT2D eigenvalue weighted by molar-refractivity contribution is 5.95. The molecule has 0 aromatic heterocycles. The number of amidine groups is 1. The van der Waals surface area contributed by atoms with E-state index in [4.69, 9.17) is 11.1 Å². The SMILES string of the molecule is N=C(N)c1ccc2c(c1)CNCC2. The van der Waals surface area contributed by atoms with Gasteiger partial charge in [-0.3, -0.25) is 5.41 Å². The van der Waals surface area contributed by atoms with Crippen LogP contribution < -0.4 is 11.1 Å². The quantitative estimate of drug-likeness (QED) is 0.432. The van der Waals surface area contributed by atoms with Gasteiger partial charge in [-0.05, 0) is 30.2 Å². The van der Waals surface area contributed by atoms with Crippen LogP contribution in [-0.4, -0.2) is 12.4 Å². The average molecular weight is 175 g/mol. The number of fused-ring (bicyclic) bond motifs is 1. The second kappa shape index (κ2) is 3.18. The molecule has 3 heteroatoms. The number of benzene rings is 1. The highest BCUT2D eigenvalue weighted by atomic mass is 14.9. The van der Waals surface area contributed by atoms with E-state index in [1.165, 1.54) is 11.1 Å². The van der Waals surface area contributed by atoms with Crippen LogP contribution in [0.5, 0.6) is 0 Å². The lowest BCUT2D eigenvalue weighted by molar-refractivity contribution is 0.643. The van der Waals surface area contributed by atoms with E-state index in [1.807, 2.05) is 12.1 Å². The van der Waals surface area contributed by atoms with E-state index in [2.05, 4.69) is 11.4 Å². The number of rotatable bonds is 1. The van der Waals surface area contributed by atoms with E-state index in [9.17, 15) is 0 Å². The standard InChI is InChI=1S/C10H13N3/c11-10(12)8-2-1-7-3-4-13-6-9(7)5-8/h1-2,5,13H,3-4,6H2,(H3,11,12). The third-order valence-electron chi connectivity index (χ3n) is 2.40. The molecule has 0 spiro atoms. The smallest absolute Gasteiger partial charge is 0.122 e. The van der Waals surface area contributed by atoms with Crippen molar-refractivity contribution in [3.8, 4) is 0 Å². The summed E-state index contributed by atoms with van der Waals surface area (Å²) in [5.41, 5.74) is 8.89. The van der Waals surface area contributed by atoms with Crippen LogP contribution in [0.25, 0.3) is 0 Å². The first kappa shape index (κ1) is 8.26. The van der Waals surface area contributed by atoms with Crippen molar-refractivity contribution in [2.24, 2.45) is 5.73 Å². The van der Waals surface area contributed by atoms with E-state index in [0.29, 0.717) is 0 Å². The van der Waals surface area contributed by atoms with E-state index >= 15 is 0 Å². The molecule has 0 unspecified atom stereocenters. The summed E-state index contributed by atoms with van der Waals surface area (Å²) in [5.74, 6) is 0.147. The fourth-order valence-electron chi connectivity index (χ4n) is 1.65. The molecule has 1 aliphatic rings. The zero-order valence-corrected chi connectivity index (χ0v) is 7.43. The van der Waals surface area contributed by atoms with Crippen molar-refractivity contribution < 1.29 is 0 Å². The lowest BCUT2D eigenvalue weighted by Gasteiger charge is -2.17. The molecule has 0 bridgehead atoms. The van der Waals surface area contributed by atoms with Crippen LogP contribution in [0.1, 0.15) is 16.7 Å². The second-order valence-corrected chi connectivity index (χ2v) is 3.32. The zero-order chi connectivity index (χ0) is 9.26. The van der Waals surface area contributed by atoms with Gasteiger partial charge in [-0.25, -0.2) is 0 Å². The number of hydrogen-bond donors (Lipinski definition) is 3. The maximum Gasteiger partial charge on any atom is 0.122 e. The lowest BCUT2D eigenvalue weighted by atomic mass is 9.98. The van der Waals surface area contributed by atoms with Gasteiger partial charge >= 0.3 is 0 Å². The molecule has 0 saturated carbocycles. The number of nitrogens with two attached hydrogens (primary N) is 1. The van der Waals surface area contributed by atoms with Crippen LogP contribution in [0.4, 0.5) is 0 Å². The molecule has 0 amide bonds. The second-order valence-electron chi connectivity index (χ2n) is 3.32. The maximum absolute atomic E-state index is 7.31. The first-order valence-electron chi connectivity index (χ1n) is 4.44. The summed E-state index contributed by atoms with van der Waals surface area (Å²) in [5, 5.41) is 10.6. The Balaban J connectivity index is 2.40. The van der Waals surface area contributed by atoms with Gasteiger partial charge in [-0.15, -0.1) is 0 Å². The van der Waals surface area contributed by atoms with Crippen LogP contribution in [0.3, 0.4) is 0 Å². The van der Waals surface area contributed by atoms with Crippen LogP contribution >= 0.6 is 0 Å². The molecular weight excluding hydrogens is 162 g/mol. The third-order valence-corrected chi connectivity index (χ3v) is 2.40. The van der Waals surface area contributed by atoms with Gasteiger partial charge in [0.15, 0.2) is 0 Å². The summed E-state index contributed by atoms with van der Waals surface area (Å²) in [6.45, 7) is 1.95. The third kappa shape index (κ3) is 1.55. The average Bonchev–Trinajstić information content (AvgIpc) is 2.17. The molecule has 0 aliphatic carbocycles. The Morgan fingerprint density at radius 1 is 1.38 bits per heavy atom. The normalized spacial score (nSPS) is 15.1. The Labute approximate surface area is 77.5 Å². The highest BCUT2D eigenvalue weighted by Gasteiger charge is 2.09. The number of nitrogen functional groups attached to an aromatic ring is 1. The Kier molecular flexibility index (Phi) is 2.02. The molecule has 4 N–H and O–H groups in total. The van der Waals surface area contributed by atoms with Crippen LogP contribution in [0.2, 0.25) is 0 Å². The molecule has 1 aromatic carbocycles. The van der Waals surface area contributed by atoms with E-state index in [1.54, 1.807) is 0 Å². The minimum absolute atomic E-state index is 0.147. The molecule has 0 fully saturated rings. The van der Waals surface area contributed by atoms with E-state index in [0.717, 1.165) is 25.1 Å². The maximum atomic E-state index is 7.31. The summed E-state index contributed by atoms with van der Waals surface area (Å²) >= 11 is 0. The van der Waals surface area contributed by atoms with Crippen LogP contribution in [-0.2, 0) is 13.0 Å². The Bertz CT molecular complexity index is 344. The predicted molar refractivity (Wildman–Crippen MR) is 52.9 cm³/mol. The molecular formula is C10H13N3. The Morgan fingerprint density at radius 3 is 3.00 bits per heavy atom. The van der Waals surface area contributed by atoms with Crippen LogP contribution in [0.15, 0.2) is 18.2 Å². The summed E-state index contributed by atoms with van der Waals surface area (Å²) in [6, 6.07) is 6.00. The van der Waals surface area contributed by atoms with Crippen molar-refractivity contribution in [2.75, 3.05) is 6.54 Å². The summed E-state index contributed by atoms with van der Waals surface area (Å²) < 4.78 is 0. The minimum Gasteiger partial charge on any atom is -0.384 e. The topological polar surface area (TPSA) is 61.9 Å². The molecule has 3 nitrogen and oxygen atoms in total. The first-order chi connectivity index (χ1) is 6.27. The molecule has 0 radical (unpaired) electrons. The fraction of sp³-hybridized carbons (Fsp3) is 0.300. The van der Waals surface area contributed by atoms with Gasteiger partial charge in [0.1, 0.15) is 5.84 Å². The Hall–Kier alpha value is -1.35. The molecule has 68 valence electrons. The first-order valence-corrected chi connectivity index (χ1v) is 4.44. The van der Waals surface area contributed by atoms with Gasteiger partial charge in [0.05, 0.1) is 0 Å². The summed E-state index contributed by atoms with van der Waals surface area (Å²) in [6.07, 6.45) is 1.08. The molecule has 0 atom stereocenters. The van der Waals surface area contributed by atoms with Gasteiger partial charge < -0.3 is 11.1 Å². The number of hydrogen-bond acceptors (Lipinski definition) is 2. The minimum atomic E-state index is 0.147. The van der Waals surface area contributed by atoms with Gasteiger partial charge in [-0.2, -0.15) is 0 Å². The van der Waals surface area contributed by atoms with Crippen LogP contribution in [0, 0.1) is 5.41 Å². The predicted octanol–water partition coefficient (Wildman–Crippen LogP) is 0.616. The fourth-order valence-corrected chi connectivity index (χ4v) is 1.65.